The Morgan fingerprint density at radius 3 is 2.77 bits per heavy atom. The molecule has 11 nitrogen and oxygen atoms in total. The summed E-state index contributed by atoms with van der Waals surface area (Å²) in [5, 5.41) is 15.0. The Morgan fingerprint density at radius 1 is 1.18 bits per heavy atom. The van der Waals surface area contributed by atoms with E-state index in [0.29, 0.717) is 30.9 Å². The van der Waals surface area contributed by atoms with Crippen LogP contribution in [0.2, 0.25) is 0 Å². The molecule has 4 heterocycles. The minimum atomic E-state index is -0.519. The largest absolute Gasteiger partial charge is 0.483 e. The van der Waals surface area contributed by atoms with Crippen LogP contribution in [0.4, 0.5) is 11.4 Å². The predicted molar refractivity (Wildman–Crippen MR) is 152 cm³/mol. The van der Waals surface area contributed by atoms with Crippen LogP contribution in [0, 0.1) is 0 Å². The maximum absolute atomic E-state index is 12.4. The number of hydrogen-bond acceptors (Lipinski definition) is 8. The highest BCUT2D eigenvalue weighted by Gasteiger charge is 2.21. The number of amides is 1. The second kappa shape index (κ2) is 11.9. The van der Waals surface area contributed by atoms with Crippen molar-refractivity contribution in [1.29, 1.82) is 0 Å². The summed E-state index contributed by atoms with van der Waals surface area (Å²) in [5.74, 6) is -0.519. The van der Waals surface area contributed by atoms with Crippen molar-refractivity contribution in [2.45, 2.75) is 12.5 Å². The number of carboxylic acid groups (broad SMARTS) is 1. The molecule has 5 aromatic rings. The Kier molecular flexibility index (Phi) is 7.94. The molecular formula is C29H29N7O4. The number of anilines is 2. The van der Waals surface area contributed by atoms with Crippen LogP contribution >= 0.6 is 0 Å². The third-order valence-electron chi connectivity index (χ3n) is 6.78. The number of hydrogen-bond donors (Lipinski definition) is 4. The van der Waals surface area contributed by atoms with Crippen molar-refractivity contribution in [2.24, 2.45) is 12.8 Å². The maximum Gasteiger partial charge on any atom is 0.290 e. The first-order valence-corrected chi connectivity index (χ1v) is 12.7. The number of carbonyl (C=O) groups excluding carboxylic acids is 1. The lowest BCUT2D eigenvalue weighted by atomic mass is 10.0. The molecule has 1 aliphatic heterocycles. The van der Waals surface area contributed by atoms with Gasteiger partial charge in [-0.2, -0.15) is 0 Å². The highest BCUT2D eigenvalue weighted by molar-refractivity contribution is 6.01. The molecule has 0 saturated carbocycles. The first-order chi connectivity index (χ1) is 19.5. The summed E-state index contributed by atoms with van der Waals surface area (Å²) in [5.41, 5.74) is 12.9. The van der Waals surface area contributed by atoms with Gasteiger partial charge in [0.2, 0.25) is 0 Å². The molecule has 6 rings (SSSR count). The van der Waals surface area contributed by atoms with E-state index < -0.39 is 5.91 Å². The Hall–Kier alpha value is -4.87. The van der Waals surface area contributed by atoms with Crippen LogP contribution in [0.1, 0.15) is 16.1 Å². The standard InChI is InChI=1S/C28H27N7O2.CH2O2/c1-35-10-5-17-2-3-18(12-25(17)35)22-13-19(14-23-26(22)33-8-7-32-23)34-27-21(28(29)36)4-6-31-24(27)15-20-16-37-11-9-30-20;2-1-3/h2-8,10,12-14,20,30,34H,9,11,15-16H2,1H3,(H2,29,36);1H,(H,2,3). The predicted octanol–water partition coefficient (Wildman–Crippen LogP) is 3.26. The molecule has 0 aliphatic carbocycles. The van der Waals surface area contributed by atoms with Gasteiger partial charge in [-0.25, -0.2) is 0 Å². The summed E-state index contributed by atoms with van der Waals surface area (Å²) in [6.45, 7) is 1.80. The lowest BCUT2D eigenvalue weighted by molar-refractivity contribution is -0.122. The Labute approximate surface area is 230 Å². The van der Waals surface area contributed by atoms with Gasteiger partial charge < -0.3 is 30.8 Å². The molecule has 204 valence electrons. The van der Waals surface area contributed by atoms with E-state index in [4.69, 9.17) is 20.4 Å². The van der Waals surface area contributed by atoms with Crippen LogP contribution in [0.3, 0.4) is 0 Å². The van der Waals surface area contributed by atoms with Gasteiger partial charge in [-0.3, -0.25) is 24.5 Å². The molecule has 0 bridgehead atoms. The number of primary amides is 1. The zero-order chi connectivity index (χ0) is 28.1. The zero-order valence-electron chi connectivity index (χ0n) is 21.9. The van der Waals surface area contributed by atoms with Crippen molar-refractivity contribution in [3.05, 3.63) is 78.5 Å². The molecular weight excluding hydrogens is 510 g/mol. The number of morpholine rings is 1. The van der Waals surface area contributed by atoms with Crippen molar-refractivity contribution < 1.29 is 19.4 Å². The fourth-order valence-corrected chi connectivity index (χ4v) is 4.93. The number of ether oxygens (including phenoxy) is 1. The summed E-state index contributed by atoms with van der Waals surface area (Å²) in [4.78, 5) is 34.5. The molecule has 40 heavy (non-hydrogen) atoms. The normalized spacial score (nSPS) is 14.9. The molecule has 3 aromatic heterocycles. The number of rotatable bonds is 6. The molecule has 0 spiro atoms. The maximum atomic E-state index is 12.4. The molecule has 2 aromatic carbocycles. The quantitative estimate of drug-likeness (QED) is 0.238. The second-order valence-electron chi connectivity index (χ2n) is 9.35. The molecule has 1 aliphatic rings. The van der Waals surface area contributed by atoms with Crippen molar-refractivity contribution in [3.8, 4) is 11.1 Å². The lowest BCUT2D eigenvalue weighted by Gasteiger charge is -2.25. The van der Waals surface area contributed by atoms with Gasteiger partial charge in [0.15, 0.2) is 0 Å². The number of nitrogens with one attached hydrogen (secondary N) is 2. The molecule has 1 amide bonds. The molecule has 1 fully saturated rings. The van der Waals surface area contributed by atoms with E-state index in [2.05, 4.69) is 54.4 Å². The van der Waals surface area contributed by atoms with Gasteiger partial charge in [-0.05, 0) is 41.3 Å². The van der Waals surface area contributed by atoms with Crippen LogP contribution < -0.4 is 16.4 Å². The molecule has 1 unspecified atom stereocenters. The molecule has 1 saturated heterocycles. The number of fused-ring (bicyclic) bond motifs is 2. The monoisotopic (exact) mass is 539 g/mol. The van der Waals surface area contributed by atoms with E-state index >= 15 is 0 Å². The summed E-state index contributed by atoms with van der Waals surface area (Å²) >= 11 is 0. The van der Waals surface area contributed by atoms with Gasteiger partial charge in [0.1, 0.15) is 0 Å². The summed E-state index contributed by atoms with van der Waals surface area (Å²) in [7, 11) is 2.03. The fourth-order valence-electron chi connectivity index (χ4n) is 4.93. The van der Waals surface area contributed by atoms with E-state index in [0.717, 1.165) is 45.6 Å². The van der Waals surface area contributed by atoms with Crippen LogP contribution in [-0.4, -0.2) is 62.8 Å². The van der Waals surface area contributed by atoms with E-state index in [1.807, 2.05) is 25.4 Å². The number of benzene rings is 2. The third kappa shape index (κ3) is 5.60. The van der Waals surface area contributed by atoms with Crippen molar-refractivity contribution in [2.75, 3.05) is 25.1 Å². The van der Waals surface area contributed by atoms with E-state index in [1.54, 1.807) is 24.7 Å². The first-order valence-electron chi connectivity index (χ1n) is 12.7. The van der Waals surface area contributed by atoms with Crippen molar-refractivity contribution >= 4 is 45.7 Å². The number of pyridine rings is 1. The van der Waals surface area contributed by atoms with Gasteiger partial charge in [0, 0.05) is 67.6 Å². The van der Waals surface area contributed by atoms with E-state index in [1.165, 1.54) is 5.39 Å². The van der Waals surface area contributed by atoms with Gasteiger partial charge >= 0.3 is 0 Å². The fraction of sp³-hybridized carbons (Fsp3) is 0.207. The summed E-state index contributed by atoms with van der Waals surface area (Å²) in [6, 6.07) is 14.1. The van der Waals surface area contributed by atoms with Gasteiger partial charge in [0.25, 0.3) is 12.4 Å². The van der Waals surface area contributed by atoms with Gasteiger partial charge in [-0.15, -0.1) is 0 Å². The molecule has 5 N–H and O–H groups in total. The number of aromatic nitrogens is 4. The molecule has 11 heteroatoms. The highest BCUT2D eigenvalue weighted by Crippen LogP contribution is 2.34. The van der Waals surface area contributed by atoms with E-state index in [-0.39, 0.29) is 12.5 Å². The minimum absolute atomic E-state index is 0.0972. The van der Waals surface area contributed by atoms with Crippen LogP contribution in [0.15, 0.2) is 67.3 Å². The molecule has 1 atom stereocenters. The Bertz CT molecular complexity index is 1680. The Balaban J connectivity index is 0.00000103. The van der Waals surface area contributed by atoms with Crippen LogP contribution in [-0.2, 0) is 23.0 Å². The van der Waals surface area contributed by atoms with Gasteiger partial charge in [0.05, 0.1) is 41.2 Å². The minimum Gasteiger partial charge on any atom is -0.483 e. The zero-order valence-corrected chi connectivity index (χ0v) is 21.9. The number of carbonyl (C=O) groups is 2. The van der Waals surface area contributed by atoms with Gasteiger partial charge in [-0.1, -0.05) is 12.1 Å². The average Bonchev–Trinajstić information content (AvgIpc) is 3.34. The van der Waals surface area contributed by atoms with E-state index in [9.17, 15) is 4.79 Å². The summed E-state index contributed by atoms with van der Waals surface area (Å²) < 4.78 is 7.71. The number of aryl methyl sites for hydroxylation is 1. The smallest absolute Gasteiger partial charge is 0.290 e. The Morgan fingerprint density at radius 2 is 2.00 bits per heavy atom. The highest BCUT2D eigenvalue weighted by atomic mass is 16.5. The van der Waals surface area contributed by atoms with Crippen LogP contribution in [0.5, 0.6) is 0 Å². The third-order valence-corrected chi connectivity index (χ3v) is 6.78. The van der Waals surface area contributed by atoms with Crippen LogP contribution in [0.25, 0.3) is 33.1 Å². The second-order valence-corrected chi connectivity index (χ2v) is 9.35. The number of nitrogens with two attached hydrogens (primary N) is 1. The summed E-state index contributed by atoms with van der Waals surface area (Å²) in [6.07, 6.45) is 7.63. The number of nitrogens with zero attached hydrogens (tertiary/aromatic N) is 4. The average molecular weight is 540 g/mol. The lowest BCUT2D eigenvalue weighted by Crippen LogP contribution is -2.42. The molecule has 0 radical (unpaired) electrons. The van der Waals surface area contributed by atoms with Crippen molar-refractivity contribution in [1.82, 2.24) is 24.8 Å². The first kappa shape index (κ1) is 26.7. The topological polar surface area (TPSA) is 157 Å². The van der Waals surface area contributed by atoms with Crippen molar-refractivity contribution in [3.63, 3.8) is 0 Å². The SMILES string of the molecule is Cn1ccc2ccc(-c3cc(Nc4c(C(N)=O)ccnc4CC4COCCN4)cc4nccnc34)cc21.O=CO.